The van der Waals surface area contributed by atoms with Gasteiger partial charge >= 0.3 is 0 Å². The molecule has 0 aliphatic heterocycles. The molecule has 0 bridgehead atoms. The number of imidazole rings is 1. The van der Waals surface area contributed by atoms with E-state index in [1.54, 1.807) is 6.07 Å². The minimum atomic E-state index is -0.153. The molecule has 1 unspecified atom stereocenters. The number of hydrogen-bond donors (Lipinski definition) is 0. The highest BCUT2D eigenvalue weighted by Crippen LogP contribution is 2.28. The summed E-state index contributed by atoms with van der Waals surface area (Å²) in [5.41, 5.74) is 2.65. The van der Waals surface area contributed by atoms with E-state index in [4.69, 9.17) is 16.9 Å². The first-order valence-corrected chi connectivity index (χ1v) is 6.80. The van der Waals surface area contributed by atoms with Crippen LogP contribution in [0, 0.1) is 16.7 Å². The molecule has 19 heavy (non-hydrogen) atoms. The maximum Gasteiger partial charge on any atom is 0.127 e. The van der Waals surface area contributed by atoms with Crippen LogP contribution in [-0.2, 0) is 6.54 Å². The zero-order valence-electron chi connectivity index (χ0n) is 11.7. The number of aromatic nitrogens is 2. The summed E-state index contributed by atoms with van der Waals surface area (Å²) in [6.07, 6.45) is 0. The molecule has 2 rings (SSSR count). The van der Waals surface area contributed by atoms with E-state index in [0.717, 1.165) is 23.4 Å². The minimum Gasteiger partial charge on any atom is -0.326 e. The molecular weight excluding hydrogens is 258 g/mol. The number of nitrogens with zero attached hydrogens (tertiary/aromatic N) is 3. The van der Waals surface area contributed by atoms with Crippen LogP contribution in [-0.4, -0.2) is 9.55 Å². The fraction of sp³-hybridized carbons (Fsp3) is 0.467. The fourth-order valence-corrected chi connectivity index (χ4v) is 2.32. The summed E-state index contributed by atoms with van der Waals surface area (Å²) >= 11 is 6.23. The molecule has 0 aliphatic rings. The number of fused-ring (bicyclic) bond motifs is 1. The maximum absolute atomic E-state index is 9.03. The maximum atomic E-state index is 9.03. The molecule has 0 aliphatic carbocycles. The molecule has 0 fully saturated rings. The lowest BCUT2D eigenvalue weighted by atomic mass is 9.96. The van der Waals surface area contributed by atoms with Crippen LogP contribution < -0.4 is 0 Å². The van der Waals surface area contributed by atoms with Gasteiger partial charge in [0.1, 0.15) is 5.82 Å². The molecule has 0 radical (unpaired) electrons. The van der Waals surface area contributed by atoms with E-state index in [-0.39, 0.29) is 10.8 Å². The predicted octanol–water partition coefficient (Wildman–Crippen LogP) is 4.25. The van der Waals surface area contributed by atoms with Gasteiger partial charge in [-0.3, -0.25) is 0 Å². The zero-order chi connectivity index (χ0) is 14.2. The Hall–Kier alpha value is -1.53. The van der Waals surface area contributed by atoms with Gasteiger partial charge in [0.05, 0.1) is 28.0 Å². The summed E-state index contributed by atoms with van der Waals surface area (Å²) in [6, 6.07) is 7.74. The van der Waals surface area contributed by atoms with Gasteiger partial charge in [-0.05, 0) is 30.5 Å². The van der Waals surface area contributed by atoms with Gasteiger partial charge in [0, 0.05) is 6.54 Å². The summed E-state index contributed by atoms with van der Waals surface area (Å²) in [7, 11) is 0. The van der Waals surface area contributed by atoms with E-state index in [2.05, 4.69) is 36.4 Å². The predicted molar refractivity (Wildman–Crippen MR) is 78.2 cm³/mol. The lowest BCUT2D eigenvalue weighted by molar-refractivity contribution is 0.343. The molecule has 0 amide bonds. The van der Waals surface area contributed by atoms with E-state index in [1.165, 1.54) is 0 Å². The van der Waals surface area contributed by atoms with Crippen LogP contribution in [0.3, 0.4) is 0 Å². The number of alkyl halides is 1. The van der Waals surface area contributed by atoms with Crippen LogP contribution in [0.4, 0.5) is 0 Å². The van der Waals surface area contributed by atoms with Crippen LogP contribution in [0.25, 0.3) is 11.0 Å². The Bertz CT molecular complexity index is 642. The smallest absolute Gasteiger partial charge is 0.127 e. The van der Waals surface area contributed by atoms with Crippen molar-refractivity contribution in [2.75, 3.05) is 0 Å². The molecule has 3 nitrogen and oxygen atoms in total. The van der Waals surface area contributed by atoms with Gasteiger partial charge in [-0.15, -0.1) is 11.6 Å². The van der Waals surface area contributed by atoms with E-state index < -0.39 is 0 Å². The molecule has 1 aromatic heterocycles. The Labute approximate surface area is 118 Å². The fourth-order valence-electron chi connectivity index (χ4n) is 2.16. The Balaban J connectivity index is 2.67. The first-order chi connectivity index (χ1) is 8.81. The molecule has 100 valence electrons. The normalized spacial score (nSPS) is 13.5. The van der Waals surface area contributed by atoms with Crippen molar-refractivity contribution in [3.05, 3.63) is 29.6 Å². The van der Waals surface area contributed by atoms with Crippen molar-refractivity contribution in [3.8, 4) is 6.07 Å². The highest BCUT2D eigenvalue weighted by molar-refractivity contribution is 6.20. The molecule has 0 saturated heterocycles. The standard InChI is InChI=1S/C15H18ClN3/c1-10(16)14-18-12-6-5-11(8-17)7-13(12)19(14)9-15(2,3)4/h5-7,10H,9H2,1-4H3. The molecule has 0 saturated carbocycles. The van der Waals surface area contributed by atoms with Gasteiger partial charge in [-0.1, -0.05) is 20.8 Å². The summed E-state index contributed by atoms with van der Waals surface area (Å²) in [5, 5.41) is 8.88. The van der Waals surface area contributed by atoms with Gasteiger partial charge in [0.15, 0.2) is 0 Å². The van der Waals surface area contributed by atoms with Crippen LogP contribution in [0.15, 0.2) is 18.2 Å². The van der Waals surface area contributed by atoms with Gasteiger partial charge < -0.3 is 4.57 Å². The highest BCUT2D eigenvalue weighted by Gasteiger charge is 2.20. The number of benzene rings is 1. The average Bonchev–Trinajstić information content (AvgIpc) is 2.65. The van der Waals surface area contributed by atoms with E-state index in [1.807, 2.05) is 19.1 Å². The van der Waals surface area contributed by atoms with Crippen molar-refractivity contribution < 1.29 is 0 Å². The third-order valence-electron chi connectivity index (χ3n) is 2.90. The van der Waals surface area contributed by atoms with E-state index in [0.29, 0.717) is 5.56 Å². The van der Waals surface area contributed by atoms with Gasteiger partial charge in [0.25, 0.3) is 0 Å². The van der Waals surface area contributed by atoms with Crippen molar-refractivity contribution in [2.24, 2.45) is 5.41 Å². The largest absolute Gasteiger partial charge is 0.326 e. The number of hydrogen-bond acceptors (Lipinski definition) is 2. The van der Waals surface area contributed by atoms with Crippen LogP contribution in [0.5, 0.6) is 0 Å². The van der Waals surface area contributed by atoms with E-state index in [9.17, 15) is 0 Å². The van der Waals surface area contributed by atoms with Crippen molar-refractivity contribution in [2.45, 2.75) is 39.6 Å². The van der Waals surface area contributed by atoms with Gasteiger partial charge in [-0.2, -0.15) is 5.26 Å². The third kappa shape index (κ3) is 2.90. The zero-order valence-corrected chi connectivity index (χ0v) is 12.5. The molecule has 1 atom stereocenters. The Kier molecular flexibility index (Phi) is 3.56. The van der Waals surface area contributed by atoms with Gasteiger partial charge in [0.2, 0.25) is 0 Å². The van der Waals surface area contributed by atoms with Crippen molar-refractivity contribution >= 4 is 22.6 Å². The Morgan fingerprint density at radius 1 is 1.42 bits per heavy atom. The third-order valence-corrected chi connectivity index (χ3v) is 3.09. The second-order valence-electron chi connectivity index (χ2n) is 6.05. The minimum absolute atomic E-state index is 0.122. The second-order valence-corrected chi connectivity index (χ2v) is 6.70. The first-order valence-electron chi connectivity index (χ1n) is 6.36. The lowest BCUT2D eigenvalue weighted by Crippen LogP contribution is -2.17. The van der Waals surface area contributed by atoms with Gasteiger partial charge in [-0.25, -0.2) is 4.98 Å². The summed E-state index contributed by atoms with van der Waals surface area (Å²) in [4.78, 5) is 4.59. The molecular formula is C15H18ClN3. The number of nitriles is 1. The van der Waals surface area contributed by atoms with Crippen molar-refractivity contribution in [1.82, 2.24) is 9.55 Å². The second kappa shape index (κ2) is 4.86. The summed E-state index contributed by atoms with van der Waals surface area (Å²) in [5.74, 6) is 0.863. The average molecular weight is 276 g/mol. The molecule has 1 heterocycles. The quantitative estimate of drug-likeness (QED) is 0.769. The van der Waals surface area contributed by atoms with E-state index >= 15 is 0 Å². The topological polar surface area (TPSA) is 41.6 Å². The highest BCUT2D eigenvalue weighted by atomic mass is 35.5. The molecule has 1 aromatic carbocycles. The number of rotatable bonds is 2. The summed E-state index contributed by atoms with van der Waals surface area (Å²) in [6.45, 7) is 9.28. The molecule has 0 spiro atoms. The summed E-state index contributed by atoms with van der Waals surface area (Å²) < 4.78 is 2.13. The van der Waals surface area contributed by atoms with Crippen molar-refractivity contribution in [1.29, 1.82) is 5.26 Å². The Morgan fingerprint density at radius 2 is 2.11 bits per heavy atom. The van der Waals surface area contributed by atoms with Crippen LogP contribution >= 0.6 is 11.6 Å². The monoisotopic (exact) mass is 275 g/mol. The molecule has 0 N–H and O–H groups in total. The van der Waals surface area contributed by atoms with Crippen molar-refractivity contribution in [3.63, 3.8) is 0 Å². The Morgan fingerprint density at radius 3 is 2.63 bits per heavy atom. The number of halogens is 1. The SMILES string of the molecule is CC(Cl)c1nc2ccc(C#N)cc2n1CC(C)(C)C. The first kappa shape index (κ1) is 13.9. The molecule has 4 heteroatoms. The van der Waals surface area contributed by atoms with Crippen LogP contribution in [0.1, 0.15) is 44.5 Å². The van der Waals surface area contributed by atoms with Crippen LogP contribution in [0.2, 0.25) is 0 Å². The lowest BCUT2D eigenvalue weighted by Gasteiger charge is -2.21. The molecule has 2 aromatic rings.